The number of hydrogen-bond acceptors (Lipinski definition) is 2. The lowest BCUT2D eigenvalue weighted by atomic mass is 9.83. The van der Waals surface area contributed by atoms with Gasteiger partial charge in [0.2, 0.25) is 0 Å². The van der Waals surface area contributed by atoms with Crippen LogP contribution in [0, 0.1) is 0 Å². The van der Waals surface area contributed by atoms with Gasteiger partial charge in [-0.2, -0.15) is 61.5 Å². The molecule has 0 aliphatic carbocycles. The second-order valence-corrected chi connectivity index (χ2v) is 4.52. The van der Waals surface area contributed by atoms with Crippen molar-refractivity contribution in [3.8, 4) is 0 Å². The summed E-state index contributed by atoms with van der Waals surface area (Å²) in [6, 6.07) is 0. The summed E-state index contributed by atoms with van der Waals surface area (Å²) in [5, 5.41) is 0. The van der Waals surface area contributed by atoms with Crippen LogP contribution in [0.5, 0.6) is 0 Å². The van der Waals surface area contributed by atoms with E-state index in [-0.39, 0.29) is 0 Å². The fourth-order valence-corrected chi connectivity index (χ4v) is 1.40. The molecule has 2 nitrogen and oxygen atoms in total. The molecule has 0 rings (SSSR count). The zero-order valence-electron chi connectivity index (χ0n) is 11.8. The Balaban J connectivity index is 7.03. The molecule has 0 amide bonds. The fourth-order valence-electron chi connectivity index (χ4n) is 1.40. The molecule has 0 N–H and O–H groups in total. The monoisotopic (exact) mass is 440 g/mol. The van der Waals surface area contributed by atoms with Crippen LogP contribution in [0.1, 0.15) is 0 Å². The summed E-state index contributed by atoms with van der Waals surface area (Å²) in [6.07, 6.45) is -16.0. The number of ether oxygens (including phenoxy) is 1. The molecule has 0 bridgehead atoms. The third-order valence-electron chi connectivity index (χ3n) is 2.84. The van der Waals surface area contributed by atoms with Crippen LogP contribution < -0.4 is 0 Å². The van der Waals surface area contributed by atoms with E-state index in [1.165, 1.54) is 0 Å². The van der Waals surface area contributed by atoms with Crippen molar-refractivity contribution in [1.82, 2.24) is 0 Å². The van der Waals surface area contributed by atoms with Gasteiger partial charge in [0.1, 0.15) is 0 Å². The average molecular weight is 440 g/mol. The Kier molecular flexibility index (Phi) is 5.92. The first-order chi connectivity index (χ1) is 11.5. The van der Waals surface area contributed by atoms with E-state index in [2.05, 4.69) is 11.3 Å². The van der Waals surface area contributed by atoms with E-state index in [0.29, 0.717) is 0 Å². The minimum atomic E-state index is -8.32. The molecular formula is C10H3F15O2. The van der Waals surface area contributed by atoms with E-state index in [0.717, 1.165) is 0 Å². The van der Waals surface area contributed by atoms with E-state index in [1.54, 1.807) is 0 Å². The Labute approximate surface area is 137 Å². The Morgan fingerprint density at radius 3 is 1.19 bits per heavy atom. The number of halogens is 15. The molecule has 27 heavy (non-hydrogen) atoms. The zero-order valence-corrected chi connectivity index (χ0v) is 11.8. The van der Waals surface area contributed by atoms with Crippen LogP contribution in [-0.4, -0.2) is 47.7 Å². The maximum absolute atomic E-state index is 13.9. The minimum Gasteiger partial charge on any atom is -0.432 e. The van der Waals surface area contributed by atoms with Gasteiger partial charge in [-0.05, 0) is 0 Å². The molecular weight excluding hydrogens is 437 g/mol. The van der Waals surface area contributed by atoms with Gasteiger partial charge in [0.25, 0.3) is 0 Å². The summed E-state index contributed by atoms with van der Waals surface area (Å²) in [4.78, 5) is 10.8. The van der Waals surface area contributed by atoms with Gasteiger partial charge in [0.15, 0.2) is 0 Å². The number of carbonyl (C=O) groups excluding carboxylic acids is 1. The maximum atomic E-state index is 13.9. The van der Waals surface area contributed by atoms with Crippen molar-refractivity contribution in [3.05, 3.63) is 12.8 Å². The highest BCUT2D eigenvalue weighted by Crippen LogP contribution is 2.62. The number of esters is 1. The van der Waals surface area contributed by atoms with Crippen LogP contribution in [0.2, 0.25) is 0 Å². The van der Waals surface area contributed by atoms with Crippen LogP contribution >= 0.6 is 0 Å². The van der Waals surface area contributed by atoms with Crippen LogP contribution in [0.4, 0.5) is 65.9 Å². The van der Waals surface area contributed by atoms with Gasteiger partial charge >= 0.3 is 47.7 Å². The second-order valence-electron chi connectivity index (χ2n) is 4.52. The molecule has 0 saturated carbocycles. The summed E-state index contributed by atoms with van der Waals surface area (Å²) in [5.74, 6) is -36.9. The molecule has 0 saturated heterocycles. The van der Waals surface area contributed by atoms with Gasteiger partial charge in [0, 0.05) is 0 Å². The third-order valence-corrected chi connectivity index (χ3v) is 2.84. The lowest BCUT2D eigenvalue weighted by Gasteiger charge is -2.42. The fraction of sp³-hybridized carbons (Fsp3) is 0.700. The van der Waals surface area contributed by atoms with Gasteiger partial charge in [-0.1, -0.05) is 6.58 Å². The van der Waals surface area contributed by atoms with Gasteiger partial charge < -0.3 is 4.74 Å². The van der Waals surface area contributed by atoms with E-state index in [1.807, 2.05) is 0 Å². The molecule has 0 aliphatic rings. The molecule has 0 aliphatic heterocycles. The van der Waals surface area contributed by atoms with Crippen molar-refractivity contribution in [2.75, 3.05) is 0 Å². The molecule has 1 unspecified atom stereocenters. The van der Waals surface area contributed by atoms with E-state index in [4.69, 9.17) is 0 Å². The Morgan fingerprint density at radius 2 is 0.926 bits per heavy atom. The lowest BCUT2D eigenvalue weighted by Crippen LogP contribution is -2.76. The normalized spacial score (nSPS) is 17.3. The number of hydrogen-bond donors (Lipinski definition) is 0. The smallest absolute Gasteiger partial charge is 0.432 e. The van der Waals surface area contributed by atoms with Crippen molar-refractivity contribution in [2.45, 2.75) is 41.7 Å². The lowest BCUT2D eigenvalue weighted by molar-refractivity contribution is -0.434. The van der Waals surface area contributed by atoms with Crippen LogP contribution in [0.25, 0.3) is 0 Å². The minimum absolute atomic E-state index is 0.654. The van der Waals surface area contributed by atoms with Gasteiger partial charge in [-0.15, -0.1) is 0 Å². The predicted molar refractivity (Wildman–Crippen MR) is 52.0 cm³/mol. The third kappa shape index (κ3) is 3.17. The highest BCUT2D eigenvalue weighted by molar-refractivity contribution is 5.83. The topological polar surface area (TPSA) is 26.3 Å². The first kappa shape index (κ1) is 25.2. The van der Waals surface area contributed by atoms with Crippen LogP contribution in [0.15, 0.2) is 12.8 Å². The van der Waals surface area contributed by atoms with Crippen molar-refractivity contribution < 1.29 is 75.4 Å². The highest BCUT2D eigenvalue weighted by atomic mass is 19.4. The number of rotatable bonds is 6. The summed E-state index contributed by atoms with van der Waals surface area (Å²) in [6.45, 7) is 2.19. The van der Waals surface area contributed by atoms with Gasteiger partial charge in [-0.3, -0.25) is 0 Å². The van der Waals surface area contributed by atoms with Crippen LogP contribution in [0.3, 0.4) is 0 Å². The van der Waals surface area contributed by atoms with E-state index >= 15 is 0 Å². The highest BCUT2D eigenvalue weighted by Gasteiger charge is 2.95. The number of carbonyl (C=O) groups is 1. The largest absolute Gasteiger partial charge is 0.460 e. The summed E-state index contributed by atoms with van der Waals surface area (Å²) >= 11 is 0. The molecule has 17 heteroatoms. The SMILES string of the molecule is C=COC(=O)C(F)(C(F)(F)C(F)(F)F)C(F)(F)C(F)(F)C(F)(F)C(F)(F)F. The number of alkyl halides is 15. The van der Waals surface area contributed by atoms with Gasteiger partial charge in [-0.25, -0.2) is 9.18 Å². The van der Waals surface area contributed by atoms with Crippen molar-refractivity contribution in [2.24, 2.45) is 0 Å². The quantitative estimate of drug-likeness (QED) is 0.329. The van der Waals surface area contributed by atoms with E-state index < -0.39 is 53.9 Å². The summed E-state index contributed by atoms with van der Waals surface area (Å²) < 4.78 is 193. The van der Waals surface area contributed by atoms with E-state index in [9.17, 15) is 70.7 Å². The molecule has 160 valence electrons. The summed E-state index contributed by atoms with van der Waals surface area (Å²) in [7, 11) is 0. The molecule has 0 heterocycles. The first-order valence-corrected chi connectivity index (χ1v) is 5.64. The molecule has 1 atom stereocenters. The molecule has 0 aromatic carbocycles. The standard InChI is InChI=1S/C10H3F15O2/c1-2-27-3(26)4(11,6(14,15)9(20,21)22)5(12,13)7(16,17)8(18,19)10(23,24)25/h2H,1H2. The van der Waals surface area contributed by atoms with Crippen molar-refractivity contribution in [1.29, 1.82) is 0 Å². The molecule has 0 aromatic rings. The molecule has 0 fully saturated rings. The predicted octanol–water partition coefficient (Wildman–Crippen LogP) is 5.05. The van der Waals surface area contributed by atoms with Crippen molar-refractivity contribution >= 4 is 5.97 Å². The average Bonchev–Trinajstić information content (AvgIpc) is 2.43. The Bertz CT molecular complexity index is 586. The molecule has 0 radical (unpaired) electrons. The van der Waals surface area contributed by atoms with Gasteiger partial charge in [0.05, 0.1) is 6.26 Å². The van der Waals surface area contributed by atoms with Crippen LogP contribution in [-0.2, 0) is 9.53 Å². The van der Waals surface area contributed by atoms with Crippen molar-refractivity contribution in [3.63, 3.8) is 0 Å². The summed E-state index contributed by atoms with van der Waals surface area (Å²) in [5.41, 5.74) is -7.76. The maximum Gasteiger partial charge on any atom is 0.460 e. The zero-order chi connectivity index (χ0) is 22.5. The molecule has 0 aromatic heterocycles. The first-order valence-electron chi connectivity index (χ1n) is 5.64. The Morgan fingerprint density at radius 1 is 0.593 bits per heavy atom. The second kappa shape index (κ2) is 6.35. The Hall–Kier alpha value is -1.84. The molecule has 0 spiro atoms.